The van der Waals surface area contributed by atoms with Crippen molar-refractivity contribution >= 4 is 0 Å². The highest BCUT2D eigenvalue weighted by Crippen LogP contribution is 2.32. The van der Waals surface area contributed by atoms with Gasteiger partial charge in [0, 0.05) is 25.8 Å². The van der Waals surface area contributed by atoms with Crippen LogP contribution < -0.4 is 5.73 Å². The summed E-state index contributed by atoms with van der Waals surface area (Å²) in [4.78, 5) is 6.85. The van der Waals surface area contributed by atoms with E-state index in [2.05, 4.69) is 37.6 Å². The zero-order valence-corrected chi connectivity index (χ0v) is 12.4. The molecular formula is C15H25N3O. The topological polar surface area (TPSA) is 51.4 Å². The maximum Gasteiger partial charge on any atom is 0.0761 e. The van der Waals surface area contributed by atoms with Crippen molar-refractivity contribution in [3.8, 4) is 0 Å². The van der Waals surface area contributed by atoms with Crippen LogP contribution in [0.4, 0.5) is 0 Å². The van der Waals surface area contributed by atoms with Crippen LogP contribution in [0.1, 0.15) is 39.4 Å². The van der Waals surface area contributed by atoms with Crippen molar-refractivity contribution in [1.29, 1.82) is 0 Å². The fourth-order valence-electron chi connectivity index (χ4n) is 3.10. The van der Waals surface area contributed by atoms with Crippen molar-refractivity contribution in [3.05, 3.63) is 30.1 Å². The molecule has 0 amide bonds. The molecule has 19 heavy (non-hydrogen) atoms. The summed E-state index contributed by atoms with van der Waals surface area (Å²) >= 11 is 0. The van der Waals surface area contributed by atoms with Gasteiger partial charge in [0.2, 0.25) is 0 Å². The predicted molar refractivity (Wildman–Crippen MR) is 76.8 cm³/mol. The minimum Gasteiger partial charge on any atom is -0.367 e. The molecule has 0 spiro atoms. The Morgan fingerprint density at radius 3 is 2.37 bits per heavy atom. The van der Waals surface area contributed by atoms with E-state index in [4.69, 9.17) is 10.5 Å². The van der Waals surface area contributed by atoms with Gasteiger partial charge in [0.1, 0.15) is 0 Å². The van der Waals surface area contributed by atoms with E-state index in [1.54, 1.807) is 0 Å². The molecule has 1 saturated heterocycles. The number of morpholine rings is 1. The minimum atomic E-state index is -0.163. The van der Waals surface area contributed by atoms with Crippen LogP contribution in [0, 0.1) is 0 Å². The van der Waals surface area contributed by atoms with Gasteiger partial charge in [-0.2, -0.15) is 0 Å². The monoisotopic (exact) mass is 263 g/mol. The highest BCUT2D eigenvalue weighted by molar-refractivity contribution is 5.10. The SMILES string of the molecule is CC1(C)CN(C(CN)c2ccccn2)CC(C)(C)O1. The third-order valence-corrected chi connectivity index (χ3v) is 3.41. The van der Waals surface area contributed by atoms with E-state index in [1.165, 1.54) is 0 Å². The fraction of sp³-hybridized carbons (Fsp3) is 0.667. The zero-order chi connectivity index (χ0) is 14.1. The molecule has 106 valence electrons. The Hall–Kier alpha value is -0.970. The van der Waals surface area contributed by atoms with E-state index in [0.717, 1.165) is 18.8 Å². The number of hydrogen-bond donors (Lipinski definition) is 1. The van der Waals surface area contributed by atoms with E-state index >= 15 is 0 Å². The molecule has 1 aliphatic heterocycles. The lowest BCUT2D eigenvalue weighted by atomic mass is 9.96. The van der Waals surface area contributed by atoms with Crippen molar-refractivity contribution in [1.82, 2.24) is 9.88 Å². The highest BCUT2D eigenvalue weighted by Gasteiger charge is 2.40. The van der Waals surface area contributed by atoms with Crippen LogP contribution in [0.25, 0.3) is 0 Å². The van der Waals surface area contributed by atoms with E-state index in [0.29, 0.717) is 6.54 Å². The van der Waals surface area contributed by atoms with E-state index in [-0.39, 0.29) is 17.2 Å². The molecule has 2 heterocycles. The second-order valence-electron chi connectivity index (χ2n) is 6.53. The lowest BCUT2D eigenvalue weighted by Gasteiger charge is -2.49. The van der Waals surface area contributed by atoms with Gasteiger partial charge in [0.05, 0.1) is 22.9 Å². The van der Waals surface area contributed by atoms with Crippen LogP contribution in [0.3, 0.4) is 0 Å². The Morgan fingerprint density at radius 1 is 1.26 bits per heavy atom. The molecule has 0 saturated carbocycles. The largest absolute Gasteiger partial charge is 0.367 e. The van der Waals surface area contributed by atoms with Crippen molar-refractivity contribution in [2.45, 2.75) is 44.9 Å². The first-order valence-electron chi connectivity index (χ1n) is 6.88. The molecule has 1 unspecified atom stereocenters. The van der Waals surface area contributed by atoms with Gasteiger partial charge in [-0.1, -0.05) is 6.07 Å². The van der Waals surface area contributed by atoms with Gasteiger partial charge in [-0.15, -0.1) is 0 Å². The van der Waals surface area contributed by atoms with Gasteiger partial charge in [-0.25, -0.2) is 0 Å². The summed E-state index contributed by atoms with van der Waals surface area (Å²) in [5.74, 6) is 0. The van der Waals surface area contributed by atoms with Crippen LogP contribution in [-0.2, 0) is 4.74 Å². The number of nitrogens with two attached hydrogens (primary N) is 1. The molecule has 2 N–H and O–H groups in total. The third kappa shape index (κ3) is 3.53. The number of hydrogen-bond acceptors (Lipinski definition) is 4. The van der Waals surface area contributed by atoms with E-state index < -0.39 is 0 Å². The van der Waals surface area contributed by atoms with Crippen LogP contribution in [0.5, 0.6) is 0 Å². The Labute approximate surface area is 116 Å². The molecule has 0 radical (unpaired) electrons. The van der Waals surface area contributed by atoms with Crippen LogP contribution in [0.2, 0.25) is 0 Å². The number of pyridine rings is 1. The first-order valence-corrected chi connectivity index (χ1v) is 6.88. The first kappa shape index (κ1) is 14.4. The Morgan fingerprint density at radius 2 is 1.89 bits per heavy atom. The predicted octanol–water partition coefficient (Wildman–Crippen LogP) is 1.97. The summed E-state index contributed by atoms with van der Waals surface area (Å²) in [5, 5.41) is 0. The maximum atomic E-state index is 6.12. The molecule has 4 nitrogen and oxygen atoms in total. The fourth-order valence-corrected chi connectivity index (χ4v) is 3.10. The number of ether oxygens (including phenoxy) is 1. The van der Waals surface area contributed by atoms with Gasteiger partial charge in [-0.3, -0.25) is 9.88 Å². The second kappa shape index (κ2) is 5.19. The summed E-state index contributed by atoms with van der Waals surface area (Å²) in [6.07, 6.45) is 1.83. The van der Waals surface area contributed by atoms with Crippen molar-refractivity contribution < 1.29 is 4.74 Å². The van der Waals surface area contributed by atoms with Gasteiger partial charge in [0.15, 0.2) is 0 Å². The molecular weight excluding hydrogens is 238 g/mol. The van der Waals surface area contributed by atoms with Crippen LogP contribution >= 0.6 is 0 Å². The molecule has 1 aliphatic rings. The van der Waals surface area contributed by atoms with Gasteiger partial charge in [-0.05, 0) is 39.8 Å². The number of nitrogens with zero attached hydrogens (tertiary/aromatic N) is 2. The molecule has 1 atom stereocenters. The van der Waals surface area contributed by atoms with Crippen LogP contribution in [-0.4, -0.2) is 40.7 Å². The Kier molecular flexibility index (Phi) is 3.95. The molecule has 1 fully saturated rings. The number of aromatic nitrogens is 1. The quantitative estimate of drug-likeness (QED) is 0.906. The number of rotatable bonds is 3. The molecule has 0 bridgehead atoms. The average molecular weight is 263 g/mol. The van der Waals surface area contributed by atoms with Crippen molar-refractivity contribution in [2.75, 3.05) is 19.6 Å². The summed E-state index contributed by atoms with van der Waals surface area (Å²) in [6, 6.07) is 6.16. The van der Waals surface area contributed by atoms with Gasteiger partial charge >= 0.3 is 0 Å². The zero-order valence-electron chi connectivity index (χ0n) is 12.4. The van der Waals surface area contributed by atoms with E-state index in [9.17, 15) is 0 Å². The summed E-state index contributed by atoms with van der Waals surface area (Å²) < 4.78 is 6.12. The normalized spacial score (nSPS) is 24.1. The minimum absolute atomic E-state index is 0.156. The third-order valence-electron chi connectivity index (χ3n) is 3.41. The first-order chi connectivity index (χ1) is 8.83. The molecule has 2 rings (SSSR count). The summed E-state index contributed by atoms with van der Waals surface area (Å²) in [6.45, 7) is 10.8. The lowest BCUT2D eigenvalue weighted by molar-refractivity contribution is -0.187. The molecule has 4 heteroatoms. The Bertz CT molecular complexity index is 401. The van der Waals surface area contributed by atoms with E-state index in [1.807, 2.05) is 24.4 Å². The molecule has 1 aromatic heterocycles. The highest BCUT2D eigenvalue weighted by atomic mass is 16.5. The van der Waals surface area contributed by atoms with Crippen LogP contribution in [0.15, 0.2) is 24.4 Å². The summed E-state index contributed by atoms with van der Waals surface area (Å²) in [7, 11) is 0. The summed E-state index contributed by atoms with van der Waals surface area (Å²) in [5.41, 5.74) is 6.71. The molecule has 0 aliphatic carbocycles. The van der Waals surface area contributed by atoms with Crippen molar-refractivity contribution in [2.24, 2.45) is 5.73 Å². The van der Waals surface area contributed by atoms with Gasteiger partial charge < -0.3 is 10.5 Å². The maximum absolute atomic E-state index is 6.12. The molecule has 0 aromatic carbocycles. The lowest BCUT2D eigenvalue weighted by Crippen LogP contribution is -2.58. The second-order valence-corrected chi connectivity index (χ2v) is 6.53. The average Bonchev–Trinajstić information content (AvgIpc) is 2.27. The van der Waals surface area contributed by atoms with Gasteiger partial charge in [0.25, 0.3) is 0 Å². The molecule has 1 aromatic rings. The smallest absolute Gasteiger partial charge is 0.0761 e. The van der Waals surface area contributed by atoms with Crippen molar-refractivity contribution in [3.63, 3.8) is 0 Å². The Balaban J connectivity index is 2.23. The standard InChI is InChI=1S/C15H25N3O/c1-14(2)10-18(11-15(3,4)19-14)13(9-16)12-7-5-6-8-17-12/h5-8,13H,9-11,16H2,1-4H3.